The average molecular weight is 238 g/mol. The number of hydrogen-bond donors (Lipinski definition) is 1. The highest BCUT2D eigenvalue weighted by atomic mass is 15.2. The number of nitrogens with one attached hydrogen (secondary N) is 1. The van der Waals surface area contributed by atoms with Gasteiger partial charge in [0.25, 0.3) is 0 Å². The Balaban J connectivity index is 1.66. The van der Waals surface area contributed by atoms with Crippen molar-refractivity contribution in [3.63, 3.8) is 0 Å². The van der Waals surface area contributed by atoms with Crippen LogP contribution in [0, 0.1) is 11.8 Å². The van der Waals surface area contributed by atoms with Crippen molar-refractivity contribution in [3.8, 4) is 0 Å². The second kappa shape index (κ2) is 6.75. The molecule has 0 aromatic carbocycles. The lowest BCUT2D eigenvalue weighted by atomic mass is 9.81. The molecule has 0 aromatic heterocycles. The molecule has 1 N–H and O–H groups in total. The molecule has 3 atom stereocenters. The van der Waals surface area contributed by atoms with Crippen LogP contribution >= 0.6 is 0 Å². The summed E-state index contributed by atoms with van der Waals surface area (Å²) < 4.78 is 0. The molecule has 3 unspecified atom stereocenters. The molecule has 1 heterocycles. The molecule has 17 heavy (non-hydrogen) atoms. The predicted molar refractivity (Wildman–Crippen MR) is 74.3 cm³/mol. The first kappa shape index (κ1) is 13.4. The number of hydrogen-bond acceptors (Lipinski definition) is 2. The zero-order valence-corrected chi connectivity index (χ0v) is 11.8. The summed E-state index contributed by atoms with van der Waals surface area (Å²) in [5.41, 5.74) is 0. The molecule has 100 valence electrons. The Kier molecular flexibility index (Phi) is 5.30. The number of rotatable bonds is 4. The summed E-state index contributed by atoms with van der Waals surface area (Å²) in [6.07, 6.45) is 8.65. The van der Waals surface area contributed by atoms with E-state index in [0.717, 1.165) is 17.9 Å². The van der Waals surface area contributed by atoms with Crippen molar-refractivity contribution in [1.82, 2.24) is 10.2 Å². The molecule has 1 aliphatic carbocycles. The van der Waals surface area contributed by atoms with Crippen LogP contribution < -0.4 is 5.32 Å². The number of piperazine rings is 1. The maximum Gasteiger partial charge on any atom is 0.0192 e. The van der Waals surface area contributed by atoms with Gasteiger partial charge in [-0.2, -0.15) is 0 Å². The van der Waals surface area contributed by atoms with E-state index in [9.17, 15) is 0 Å². The molecular weight excluding hydrogens is 208 g/mol. The molecule has 2 nitrogen and oxygen atoms in total. The summed E-state index contributed by atoms with van der Waals surface area (Å²) in [7, 11) is 0. The van der Waals surface area contributed by atoms with Crippen molar-refractivity contribution in [1.29, 1.82) is 0 Å². The minimum Gasteiger partial charge on any atom is -0.311 e. The van der Waals surface area contributed by atoms with Gasteiger partial charge in [0.2, 0.25) is 0 Å². The Morgan fingerprint density at radius 2 is 2.18 bits per heavy atom. The van der Waals surface area contributed by atoms with Gasteiger partial charge in [-0.15, -0.1) is 0 Å². The van der Waals surface area contributed by atoms with Crippen LogP contribution in [0.25, 0.3) is 0 Å². The van der Waals surface area contributed by atoms with Gasteiger partial charge in [0.1, 0.15) is 0 Å². The van der Waals surface area contributed by atoms with E-state index in [1.807, 2.05) is 0 Å². The average Bonchev–Trinajstić information content (AvgIpc) is 2.37. The van der Waals surface area contributed by atoms with E-state index in [2.05, 4.69) is 24.1 Å². The molecule has 1 aliphatic heterocycles. The van der Waals surface area contributed by atoms with Gasteiger partial charge < -0.3 is 10.2 Å². The fourth-order valence-electron chi connectivity index (χ4n) is 3.56. The van der Waals surface area contributed by atoms with E-state index in [1.54, 1.807) is 0 Å². The Morgan fingerprint density at radius 1 is 1.29 bits per heavy atom. The molecular formula is C15H30N2. The zero-order chi connectivity index (χ0) is 12.1. The molecule has 1 saturated carbocycles. The SMILES string of the molecule is CCC1CN(CCC2CCCC(C)C2)CCN1. The standard InChI is InChI=1S/C15H30N2/c1-3-15-12-17(10-8-16-15)9-7-14-6-4-5-13(2)11-14/h13-16H,3-12H2,1-2H3. The fourth-order valence-corrected chi connectivity index (χ4v) is 3.56. The van der Waals surface area contributed by atoms with E-state index < -0.39 is 0 Å². The molecule has 0 spiro atoms. The predicted octanol–water partition coefficient (Wildman–Crippen LogP) is 2.89. The van der Waals surface area contributed by atoms with Crippen molar-refractivity contribution in [2.75, 3.05) is 26.2 Å². The summed E-state index contributed by atoms with van der Waals surface area (Å²) in [6, 6.07) is 0.744. The second-order valence-corrected chi connectivity index (χ2v) is 6.29. The Morgan fingerprint density at radius 3 is 2.94 bits per heavy atom. The van der Waals surface area contributed by atoms with Crippen LogP contribution in [-0.2, 0) is 0 Å². The summed E-state index contributed by atoms with van der Waals surface area (Å²) >= 11 is 0. The smallest absolute Gasteiger partial charge is 0.0192 e. The first-order chi connectivity index (χ1) is 8.28. The minimum atomic E-state index is 0.744. The van der Waals surface area contributed by atoms with Gasteiger partial charge in [0.05, 0.1) is 0 Å². The van der Waals surface area contributed by atoms with Crippen molar-refractivity contribution in [2.45, 2.75) is 58.4 Å². The van der Waals surface area contributed by atoms with Gasteiger partial charge in [0.15, 0.2) is 0 Å². The van der Waals surface area contributed by atoms with Gasteiger partial charge in [0, 0.05) is 25.7 Å². The largest absolute Gasteiger partial charge is 0.311 e. The molecule has 2 aliphatic rings. The first-order valence-corrected chi connectivity index (χ1v) is 7.73. The van der Waals surface area contributed by atoms with Crippen molar-refractivity contribution < 1.29 is 0 Å². The molecule has 2 heteroatoms. The van der Waals surface area contributed by atoms with E-state index in [-0.39, 0.29) is 0 Å². The van der Waals surface area contributed by atoms with Gasteiger partial charge in [-0.3, -0.25) is 0 Å². The molecule has 2 rings (SSSR count). The normalized spacial score (nSPS) is 36.0. The van der Waals surface area contributed by atoms with Crippen LogP contribution in [0.2, 0.25) is 0 Å². The van der Waals surface area contributed by atoms with Gasteiger partial charge in [-0.1, -0.05) is 33.1 Å². The van der Waals surface area contributed by atoms with Crippen molar-refractivity contribution in [2.24, 2.45) is 11.8 Å². The van der Waals surface area contributed by atoms with E-state index >= 15 is 0 Å². The molecule has 0 radical (unpaired) electrons. The number of nitrogens with zero attached hydrogens (tertiary/aromatic N) is 1. The summed E-state index contributed by atoms with van der Waals surface area (Å²) in [4.78, 5) is 2.68. The highest BCUT2D eigenvalue weighted by molar-refractivity contribution is 4.79. The van der Waals surface area contributed by atoms with Gasteiger partial charge in [-0.05, 0) is 37.6 Å². The third-order valence-electron chi connectivity index (χ3n) is 4.73. The van der Waals surface area contributed by atoms with Crippen LogP contribution in [0.4, 0.5) is 0 Å². The summed E-state index contributed by atoms with van der Waals surface area (Å²) in [5, 5.41) is 3.60. The first-order valence-electron chi connectivity index (χ1n) is 7.73. The fraction of sp³-hybridized carbons (Fsp3) is 1.00. The molecule has 0 bridgehead atoms. The molecule has 0 amide bonds. The molecule has 0 aromatic rings. The van der Waals surface area contributed by atoms with Gasteiger partial charge >= 0.3 is 0 Å². The summed E-state index contributed by atoms with van der Waals surface area (Å²) in [5.74, 6) is 2.01. The third-order valence-corrected chi connectivity index (χ3v) is 4.73. The molecule has 2 fully saturated rings. The monoisotopic (exact) mass is 238 g/mol. The van der Waals surface area contributed by atoms with Crippen LogP contribution in [0.1, 0.15) is 52.4 Å². The maximum absolute atomic E-state index is 3.60. The third kappa shape index (κ3) is 4.26. The van der Waals surface area contributed by atoms with Crippen LogP contribution in [0.5, 0.6) is 0 Å². The van der Waals surface area contributed by atoms with Crippen LogP contribution in [0.3, 0.4) is 0 Å². The zero-order valence-electron chi connectivity index (χ0n) is 11.8. The minimum absolute atomic E-state index is 0.744. The van der Waals surface area contributed by atoms with E-state index in [1.165, 1.54) is 64.7 Å². The molecule has 1 saturated heterocycles. The maximum atomic E-state index is 3.60. The lowest BCUT2D eigenvalue weighted by Crippen LogP contribution is -2.50. The van der Waals surface area contributed by atoms with E-state index in [4.69, 9.17) is 0 Å². The van der Waals surface area contributed by atoms with Crippen molar-refractivity contribution >= 4 is 0 Å². The lowest BCUT2D eigenvalue weighted by Gasteiger charge is -2.35. The Labute approximate surface area is 107 Å². The lowest BCUT2D eigenvalue weighted by molar-refractivity contribution is 0.170. The highest BCUT2D eigenvalue weighted by Crippen LogP contribution is 2.30. The van der Waals surface area contributed by atoms with Crippen LogP contribution in [-0.4, -0.2) is 37.1 Å². The second-order valence-electron chi connectivity index (χ2n) is 6.29. The van der Waals surface area contributed by atoms with E-state index in [0.29, 0.717) is 0 Å². The van der Waals surface area contributed by atoms with Crippen molar-refractivity contribution in [3.05, 3.63) is 0 Å². The van der Waals surface area contributed by atoms with Crippen LogP contribution in [0.15, 0.2) is 0 Å². The van der Waals surface area contributed by atoms with Gasteiger partial charge in [-0.25, -0.2) is 0 Å². The Bertz CT molecular complexity index is 217. The Hall–Kier alpha value is -0.0800. The highest BCUT2D eigenvalue weighted by Gasteiger charge is 2.21. The quantitative estimate of drug-likeness (QED) is 0.810. The summed E-state index contributed by atoms with van der Waals surface area (Å²) in [6.45, 7) is 9.81. The topological polar surface area (TPSA) is 15.3 Å².